The van der Waals surface area contributed by atoms with E-state index in [1.54, 1.807) is 12.1 Å². The molecule has 102 valence electrons. The monoisotopic (exact) mass is 275 g/mol. The third kappa shape index (κ3) is 3.02. The van der Waals surface area contributed by atoms with E-state index < -0.39 is 7.12 Å². The molecule has 0 aliphatic heterocycles. The molecule has 0 saturated heterocycles. The highest BCUT2D eigenvalue weighted by atomic mass is 16.4. The zero-order chi connectivity index (χ0) is 14.7. The normalized spacial score (nSPS) is 10.4. The fourth-order valence-electron chi connectivity index (χ4n) is 2.22. The van der Waals surface area contributed by atoms with E-state index in [2.05, 4.69) is 29.2 Å². The number of hydrogen-bond acceptors (Lipinski definition) is 3. The van der Waals surface area contributed by atoms with Crippen molar-refractivity contribution < 1.29 is 10.0 Å². The van der Waals surface area contributed by atoms with Crippen molar-refractivity contribution in [2.75, 3.05) is 0 Å². The first-order chi connectivity index (χ1) is 10.2. The van der Waals surface area contributed by atoms with Gasteiger partial charge in [-0.15, -0.1) is 0 Å². The Morgan fingerprint density at radius 2 is 1.43 bits per heavy atom. The first kappa shape index (κ1) is 13.6. The van der Waals surface area contributed by atoms with Crippen molar-refractivity contribution in [3.63, 3.8) is 0 Å². The van der Waals surface area contributed by atoms with Gasteiger partial charge in [-0.3, -0.25) is 4.98 Å². The average Bonchev–Trinajstić information content (AvgIpc) is 2.56. The lowest BCUT2D eigenvalue weighted by molar-refractivity contribution is 0.425. The lowest BCUT2D eigenvalue weighted by Gasteiger charge is -2.06. The Morgan fingerprint density at radius 1 is 0.714 bits per heavy atom. The van der Waals surface area contributed by atoms with Gasteiger partial charge in [-0.2, -0.15) is 0 Å². The summed E-state index contributed by atoms with van der Waals surface area (Å²) in [6.45, 7) is 0. The molecular formula is C17H14BNO2. The highest BCUT2D eigenvalue weighted by molar-refractivity contribution is 6.58. The van der Waals surface area contributed by atoms with E-state index in [1.807, 2.05) is 30.3 Å². The second-order valence-corrected chi connectivity index (χ2v) is 4.80. The van der Waals surface area contributed by atoms with E-state index in [4.69, 9.17) is 10.0 Å². The molecule has 0 spiro atoms. The third-order valence-electron chi connectivity index (χ3n) is 3.35. The lowest BCUT2D eigenvalue weighted by Crippen LogP contribution is -2.29. The third-order valence-corrected chi connectivity index (χ3v) is 3.35. The molecule has 1 heterocycles. The zero-order valence-corrected chi connectivity index (χ0v) is 11.3. The highest BCUT2D eigenvalue weighted by Gasteiger charge is 2.11. The predicted molar refractivity (Wildman–Crippen MR) is 84.9 cm³/mol. The molecule has 0 aliphatic rings. The van der Waals surface area contributed by atoms with Gasteiger partial charge in [-0.1, -0.05) is 54.6 Å². The molecule has 0 bridgehead atoms. The Bertz CT molecular complexity index is 727. The van der Waals surface area contributed by atoms with Crippen LogP contribution in [0.1, 0.15) is 0 Å². The van der Waals surface area contributed by atoms with Crippen LogP contribution in [0, 0.1) is 0 Å². The number of hydrogen-bond donors (Lipinski definition) is 2. The number of rotatable bonds is 3. The Balaban J connectivity index is 1.96. The van der Waals surface area contributed by atoms with Crippen LogP contribution < -0.4 is 5.46 Å². The van der Waals surface area contributed by atoms with Crippen molar-refractivity contribution >= 4 is 12.6 Å². The molecule has 0 radical (unpaired) electrons. The Hall–Kier alpha value is -2.43. The van der Waals surface area contributed by atoms with Crippen molar-refractivity contribution in [3.8, 4) is 22.4 Å². The molecular weight excluding hydrogens is 261 g/mol. The van der Waals surface area contributed by atoms with Gasteiger partial charge in [-0.25, -0.2) is 0 Å². The molecule has 1 aromatic heterocycles. The van der Waals surface area contributed by atoms with Crippen LogP contribution in [0.5, 0.6) is 0 Å². The van der Waals surface area contributed by atoms with Gasteiger partial charge < -0.3 is 10.0 Å². The van der Waals surface area contributed by atoms with Crippen LogP contribution in [0.4, 0.5) is 0 Å². The minimum Gasteiger partial charge on any atom is -0.423 e. The van der Waals surface area contributed by atoms with Crippen LogP contribution in [0.2, 0.25) is 0 Å². The van der Waals surface area contributed by atoms with Crippen LogP contribution in [0.25, 0.3) is 22.4 Å². The van der Waals surface area contributed by atoms with Gasteiger partial charge in [0.15, 0.2) is 0 Å². The Labute approximate surface area is 123 Å². The summed E-state index contributed by atoms with van der Waals surface area (Å²) in [5.41, 5.74) is 4.47. The topological polar surface area (TPSA) is 53.4 Å². The SMILES string of the molecule is OB(O)c1ccc(-c2cccc(-c3ccccc3)c2)nc1. The molecule has 3 nitrogen and oxygen atoms in total. The van der Waals surface area contributed by atoms with Crippen molar-refractivity contribution in [2.45, 2.75) is 0 Å². The molecule has 0 saturated carbocycles. The average molecular weight is 275 g/mol. The van der Waals surface area contributed by atoms with E-state index in [0.29, 0.717) is 5.46 Å². The summed E-state index contributed by atoms with van der Waals surface area (Å²) in [5, 5.41) is 18.2. The van der Waals surface area contributed by atoms with Gasteiger partial charge in [0, 0.05) is 17.2 Å². The molecule has 3 rings (SSSR count). The van der Waals surface area contributed by atoms with Crippen molar-refractivity contribution in [1.82, 2.24) is 4.98 Å². The Morgan fingerprint density at radius 3 is 2.10 bits per heavy atom. The molecule has 0 atom stereocenters. The predicted octanol–water partition coefficient (Wildman–Crippen LogP) is 2.10. The largest absolute Gasteiger partial charge is 0.490 e. The number of nitrogens with zero attached hydrogens (tertiary/aromatic N) is 1. The number of pyridine rings is 1. The van der Waals surface area contributed by atoms with E-state index in [9.17, 15) is 0 Å². The van der Waals surface area contributed by atoms with E-state index in [0.717, 1.165) is 22.4 Å². The van der Waals surface area contributed by atoms with Crippen molar-refractivity contribution in [3.05, 3.63) is 72.9 Å². The quantitative estimate of drug-likeness (QED) is 0.720. The van der Waals surface area contributed by atoms with E-state index in [-0.39, 0.29) is 0 Å². The lowest BCUT2D eigenvalue weighted by atomic mass is 9.81. The van der Waals surface area contributed by atoms with Gasteiger partial charge >= 0.3 is 7.12 Å². The molecule has 0 unspecified atom stereocenters. The minimum absolute atomic E-state index is 0.387. The smallest absolute Gasteiger partial charge is 0.423 e. The summed E-state index contributed by atoms with van der Waals surface area (Å²) >= 11 is 0. The molecule has 2 aromatic carbocycles. The molecule has 3 aromatic rings. The summed E-state index contributed by atoms with van der Waals surface area (Å²) in [6, 6.07) is 21.7. The van der Waals surface area contributed by atoms with Crippen LogP contribution in [0.3, 0.4) is 0 Å². The van der Waals surface area contributed by atoms with Crippen LogP contribution in [0.15, 0.2) is 72.9 Å². The second-order valence-electron chi connectivity index (χ2n) is 4.80. The van der Waals surface area contributed by atoms with Gasteiger partial charge in [-0.05, 0) is 23.3 Å². The van der Waals surface area contributed by atoms with E-state index in [1.165, 1.54) is 6.20 Å². The number of aromatic nitrogens is 1. The molecule has 4 heteroatoms. The fourth-order valence-corrected chi connectivity index (χ4v) is 2.22. The zero-order valence-electron chi connectivity index (χ0n) is 11.3. The molecule has 2 N–H and O–H groups in total. The molecule has 0 aliphatic carbocycles. The summed E-state index contributed by atoms with van der Waals surface area (Å²) in [5.74, 6) is 0. The van der Waals surface area contributed by atoms with Crippen LogP contribution in [-0.2, 0) is 0 Å². The summed E-state index contributed by atoms with van der Waals surface area (Å²) < 4.78 is 0. The summed E-state index contributed by atoms with van der Waals surface area (Å²) in [7, 11) is -1.48. The van der Waals surface area contributed by atoms with Crippen LogP contribution >= 0.6 is 0 Å². The second kappa shape index (κ2) is 5.91. The fraction of sp³-hybridized carbons (Fsp3) is 0. The summed E-state index contributed by atoms with van der Waals surface area (Å²) in [4.78, 5) is 4.28. The van der Waals surface area contributed by atoms with Crippen LogP contribution in [-0.4, -0.2) is 22.2 Å². The molecule has 21 heavy (non-hydrogen) atoms. The van der Waals surface area contributed by atoms with E-state index >= 15 is 0 Å². The van der Waals surface area contributed by atoms with Gasteiger partial charge in [0.2, 0.25) is 0 Å². The maximum Gasteiger partial charge on any atom is 0.490 e. The minimum atomic E-state index is -1.48. The molecule has 0 amide bonds. The van der Waals surface area contributed by atoms with Gasteiger partial charge in [0.05, 0.1) is 5.69 Å². The highest BCUT2D eigenvalue weighted by Crippen LogP contribution is 2.24. The van der Waals surface area contributed by atoms with Gasteiger partial charge in [0.25, 0.3) is 0 Å². The standard InChI is InChI=1S/C17H14BNO2/c20-18(21)16-9-10-17(19-12-16)15-8-4-7-14(11-15)13-5-2-1-3-6-13/h1-12,20-21H. The maximum atomic E-state index is 9.09. The number of benzene rings is 2. The maximum absolute atomic E-state index is 9.09. The van der Waals surface area contributed by atoms with Crippen molar-refractivity contribution in [1.29, 1.82) is 0 Å². The molecule has 0 fully saturated rings. The van der Waals surface area contributed by atoms with Crippen molar-refractivity contribution in [2.24, 2.45) is 0 Å². The first-order valence-electron chi connectivity index (χ1n) is 6.72. The summed E-state index contributed by atoms with van der Waals surface area (Å²) in [6.07, 6.45) is 1.48. The Kier molecular flexibility index (Phi) is 3.82. The first-order valence-corrected chi connectivity index (χ1v) is 6.72. The van der Waals surface area contributed by atoms with Gasteiger partial charge in [0.1, 0.15) is 0 Å².